The van der Waals surface area contributed by atoms with Crippen molar-refractivity contribution in [1.82, 2.24) is 24.4 Å². The van der Waals surface area contributed by atoms with Crippen LogP contribution in [0.2, 0.25) is 0 Å². The first kappa shape index (κ1) is 17.4. The number of carboxylic acids is 1. The third-order valence-corrected chi connectivity index (χ3v) is 3.55. The fourth-order valence-corrected chi connectivity index (χ4v) is 2.38. The van der Waals surface area contributed by atoms with Gasteiger partial charge in [0.2, 0.25) is 5.91 Å². The van der Waals surface area contributed by atoms with Gasteiger partial charge in [0.15, 0.2) is 5.65 Å². The Labute approximate surface area is 136 Å². The minimum atomic E-state index is -1.07. The average molecular weight is 337 g/mol. The number of aromatic nitrogens is 4. The lowest BCUT2D eigenvalue weighted by Gasteiger charge is -2.19. The highest BCUT2D eigenvalue weighted by Gasteiger charge is 2.17. The molecule has 24 heavy (non-hydrogen) atoms. The number of carbonyl (C=O) groups excluding carboxylic acids is 1. The number of aryl methyl sites for hydroxylation is 2. The Morgan fingerprint density at radius 1 is 1.29 bits per heavy atom. The maximum absolute atomic E-state index is 12.1. The van der Waals surface area contributed by atoms with Gasteiger partial charge in [-0.05, 0) is 6.42 Å². The topological polar surface area (TPSA) is 141 Å². The zero-order valence-electron chi connectivity index (χ0n) is 13.5. The maximum atomic E-state index is 12.1. The highest BCUT2D eigenvalue weighted by molar-refractivity contribution is 5.81. The summed E-state index contributed by atoms with van der Waals surface area (Å²) in [5.74, 6) is -0.985. The van der Waals surface area contributed by atoms with E-state index in [-0.39, 0.29) is 36.5 Å². The molecule has 2 rings (SSSR count). The summed E-state index contributed by atoms with van der Waals surface area (Å²) in [6.45, 7) is 1.87. The van der Waals surface area contributed by atoms with Crippen LogP contribution in [0.25, 0.3) is 11.2 Å². The Morgan fingerprint density at radius 2 is 2.00 bits per heavy atom. The molecule has 130 valence electrons. The summed E-state index contributed by atoms with van der Waals surface area (Å²) in [5.41, 5.74) is -0.772. The third-order valence-electron chi connectivity index (χ3n) is 3.55. The molecule has 0 unspecified atom stereocenters. The summed E-state index contributed by atoms with van der Waals surface area (Å²) in [6, 6.07) is 0. The average Bonchev–Trinajstić information content (AvgIpc) is 2.94. The van der Waals surface area contributed by atoms with Crippen LogP contribution in [0.1, 0.15) is 25.6 Å². The Bertz CT molecular complexity index is 878. The molecule has 0 aromatic carbocycles. The van der Waals surface area contributed by atoms with E-state index >= 15 is 0 Å². The second kappa shape index (κ2) is 7.11. The lowest BCUT2D eigenvalue weighted by molar-refractivity contribution is -0.144. The molecule has 1 amide bonds. The van der Waals surface area contributed by atoms with Crippen molar-refractivity contribution in [3.05, 3.63) is 26.7 Å². The van der Waals surface area contributed by atoms with Gasteiger partial charge in [-0.3, -0.25) is 23.9 Å². The van der Waals surface area contributed by atoms with Gasteiger partial charge in [-0.1, -0.05) is 6.92 Å². The van der Waals surface area contributed by atoms with E-state index in [9.17, 15) is 19.2 Å². The highest BCUT2D eigenvalue weighted by Crippen LogP contribution is 2.07. The van der Waals surface area contributed by atoms with Gasteiger partial charge >= 0.3 is 11.7 Å². The van der Waals surface area contributed by atoms with Crippen molar-refractivity contribution in [3.63, 3.8) is 0 Å². The molecule has 2 aromatic rings. The van der Waals surface area contributed by atoms with Gasteiger partial charge in [0.1, 0.15) is 17.9 Å². The molecule has 0 aliphatic carbocycles. The van der Waals surface area contributed by atoms with Crippen molar-refractivity contribution in [3.8, 4) is 0 Å². The number of carbonyl (C=O) groups is 2. The Hall–Kier alpha value is -2.91. The van der Waals surface area contributed by atoms with E-state index in [1.807, 2.05) is 6.92 Å². The molecule has 2 heterocycles. The first-order valence-electron chi connectivity index (χ1n) is 7.51. The van der Waals surface area contributed by atoms with Gasteiger partial charge in [0, 0.05) is 26.4 Å². The van der Waals surface area contributed by atoms with Gasteiger partial charge in [0.25, 0.3) is 5.56 Å². The second-order valence-electron chi connectivity index (χ2n) is 5.41. The number of aromatic amines is 2. The molecule has 0 aliphatic heterocycles. The molecule has 10 nitrogen and oxygen atoms in total. The predicted octanol–water partition coefficient (Wildman–Crippen LogP) is -0.794. The monoisotopic (exact) mass is 337 g/mol. The van der Waals surface area contributed by atoms with Crippen LogP contribution in [-0.4, -0.2) is 54.5 Å². The molecule has 0 saturated heterocycles. The Balaban J connectivity index is 2.15. The zero-order valence-corrected chi connectivity index (χ0v) is 13.5. The number of fused-ring (bicyclic) bond motifs is 1. The number of hydrogen-bond acceptors (Lipinski definition) is 5. The normalized spacial score (nSPS) is 10.9. The molecule has 2 aromatic heterocycles. The summed E-state index contributed by atoms with van der Waals surface area (Å²) in [6.07, 6.45) is 0.918. The fraction of sp³-hybridized carbons (Fsp3) is 0.500. The molecule has 0 spiro atoms. The van der Waals surface area contributed by atoms with Crippen molar-refractivity contribution in [1.29, 1.82) is 0 Å². The number of rotatable bonds is 7. The van der Waals surface area contributed by atoms with Crippen LogP contribution in [0.15, 0.2) is 9.59 Å². The molecule has 3 N–H and O–H groups in total. The van der Waals surface area contributed by atoms with Gasteiger partial charge < -0.3 is 15.0 Å². The minimum absolute atomic E-state index is 0.0545. The summed E-state index contributed by atoms with van der Waals surface area (Å²) < 4.78 is 1.20. The first-order valence-corrected chi connectivity index (χ1v) is 7.51. The number of nitrogens with zero attached hydrogens (tertiary/aromatic N) is 3. The van der Waals surface area contributed by atoms with E-state index in [0.29, 0.717) is 18.8 Å². The minimum Gasteiger partial charge on any atom is -0.480 e. The number of amides is 1. The number of hydrogen-bond donors (Lipinski definition) is 3. The summed E-state index contributed by atoms with van der Waals surface area (Å²) >= 11 is 0. The van der Waals surface area contributed by atoms with Crippen molar-refractivity contribution >= 4 is 23.0 Å². The summed E-state index contributed by atoms with van der Waals surface area (Å²) in [7, 11) is 1.48. The molecule has 0 atom stereocenters. The van der Waals surface area contributed by atoms with E-state index in [4.69, 9.17) is 5.11 Å². The molecule has 0 fully saturated rings. The maximum Gasteiger partial charge on any atom is 0.329 e. The van der Waals surface area contributed by atoms with E-state index < -0.39 is 17.2 Å². The molecular formula is C14H19N5O5. The molecule has 0 saturated carbocycles. The van der Waals surface area contributed by atoms with Crippen LogP contribution in [0, 0.1) is 0 Å². The molecule has 0 aliphatic rings. The van der Waals surface area contributed by atoms with Gasteiger partial charge in [0.05, 0.1) is 0 Å². The largest absolute Gasteiger partial charge is 0.480 e. The van der Waals surface area contributed by atoms with Crippen LogP contribution >= 0.6 is 0 Å². The van der Waals surface area contributed by atoms with Crippen molar-refractivity contribution in [2.45, 2.75) is 26.2 Å². The predicted molar refractivity (Wildman–Crippen MR) is 84.8 cm³/mol. The van der Waals surface area contributed by atoms with Crippen molar-refractivity contribution in [2.75, 3.05) is 13.1 Å². The Morgan fingerprint density at radius 3 is 2.62 bits per heavy atom. The van der Waals surface area contributed by atoms with Crippen molar-refractivity contribution in [2.24, 2.45) is 7.05 Å². The van der Waals surface area contributed by atoms with Crippen molar-refractivity contribution < 1.29 is 14.7 Å². The standard InChI is InChI=1S/C14H19N5O5/c1-3-6-19(7-10(21)22)9(20)5-4-8-15-11-12(16-8)18(2)14(24)17-13(11)23/h3-7H2,1-2H3,(H,15,16)(H,21,22)(H,17,23,24). The fourth-order valence-electron chi connectivity index (χ4n) is 2.38. The molecular weight excluding hydrogens is 318 g/mol. The lowest BCUT2D eigenvalue weighted by atomic mass is 10.2. The van der Waals surface area contributed by atoms with E-state index in [2.05, 4.69) is 15.0 Å². The number of carboxylic acid groups (broad SMARTS) is 1. The van der Waals surface area contributed by atoms with Gasteiger partial charge in [-0.2, -0.15) is 0 Å². The van der Waals surface area contributed by atoms with E-state index in [1.54, 1.807) is 0 Å². The van der Waals surface area contributed by atoms with Crippen LogP contribution in [0.3, 0.4) is 0 Å². The second-order valence-corrected chi connectivity index (χ2v) is 5.41. The van der Waals surface area contributed by atoms with Crippen LogP contribution in [0.5, 0.6) is 0 Å². The quantitative estimate of drug-likeness (QED) is 0.604. The third kappa shape index (κ3) is 3.70. The van der Waals surface area contributed by atoms with Crippen LogP contribution < -0.4 is 11.2 Å². The zero-order chi connectivity index (χ0) is 17.9. The van der Waals surface area contributed by atoms with Crippen LogP contribution in [-0.2, 0) is 23.1 Å². The highest BCUT2D eigenvalue weighted by atomic mass is 16.4. The SMILES string of the molecule is CCCN(CC(=O)O)C(=O)CCc1nc2c([nH]1)c(=O)[nH]c(=O)n2C. The first-order chi connectivity index (χ1) is 11.3. The van der Waals surface area contributed by atoms with Crippen LogP contribution in [0.4, 0.5) is 0 Å². The van der Waals surface area contributed by atoms with Gasteiger partial charge in [-0.25, -0.2) is 9.78 Å². The smallest absolute Gasteiger partial charge is 0.329 e. The summed E-state index contributed by atoms with van der Waals surface area (Å²) in [5, 5.41) is 8.84. The molecule has 0 radical (unpaired) electrons. The Kier molecular flexibility index (Phi) is 5.17. The summed E-state index contributed by atoms with van der Waals surface area (Å²) in [4.78, 5) is 56.6. The lowest BCUT2D eigenvalue weighted by Crippen LogP contribution is -2.36. The number of nitrogens with one attached hydrogen (secondary N) is 2. The van der Waals surface area contributed by atoms with Gasteiger partial charge in [-0.15, -0.1) is 0 Å². The van der Waals surface area contributed by atoms with E-state index in [0.717, 1.165) is 0 Å². The molecule has 0 bridgehead atoms. The number of imidazole rings is 1. The van der Waals surface area contributed by atoms with E-state index in [1.165, 1.54) is 16.5 Å². The number of H-pyrrole nitrogens is 2. The number of aliphatic carboxylic acids is 1. The molecule has 10 heteroatoms.